The number of hydrogen-bond donors (Lipinski definition) is 2. The smallest absolute Gasteiger partial charge is 0.165 e. The highest BCUT2D eigenvalue weighted by Gasteiger charge is 2.07. The SMILES string of the molecule is Cl.N=C(N)c1ccc(OCc2ccc(Cl)c(Cl)c2)c(F)c1. The molecule has 2 aromatic rings. The van der Waals surface area contributed by atoms with Crippen molar-refractivity contribution in [2.24, 2.45) is 5.73 Å². The Morgan fingerprint density at radius 2 is 1.86 bits per heavy atom. The Kier molecular flexibility index (Phi) is 6.27. The second kappa shape index (κ2) is 7.50. The number of nitrogen functional groups attached to an aromatic ring is 1. The molecule has 7 heteroatoms. The molecule has 0 spiro atoms. The third-order valence-corrected chi connectivity index (χ3v) is 3.36. The van der Waals surface area contributed by atoms with E-state index in [9.17, 15) is 4.39 Å². The standard InChI is InChI=1S/C14H11Cl2FN2O.ClH/c15-10-3-1-8(5-11(10)16)7-20-13-4-2-9(14(18)19)6-12(13)17;/h1-6H,7H2,(H3,18,19);1H. The quantitative estimate of drug-likeness (QED) is 0.634. The molecule has 3 nitrogen and oxygen atoms in total. The summed E-state index contributed by atoms with van der Waals surface area (Å²) in [5.74, 6) is -0.682. The zero-order chi connectivity index (χ0) is 14.7. The van der Waals surface area contributed by atoms with E-state index in [2.05, 4.69) is 0 Å². The highest BCUT2D eigenvalue weighted by molar-refractivity contribution is 6.42. The van der Waals surface area contributed by atoms with Crippen molar-refractivity contribution in [2.75, 3.05) is 0 Å². The first-order valence-corrected chi connectivity index (χ1v) is 6.43. The van der Waals surface area contributed by atoms with Crippen molar-refractivity contribution < 1.29 is 9.13 Å². The van der Waals surface area contributed by atoms with Gasteiger partial charge in [-0.3, -0.25) is 5.41 Å². The first kappa shape index (κ1) is 17.6. The Morgan fingerprint density at radius 1 is 1.14 bits per heavy atom. The molecule has 0 radical (unpaired) electrons. The molecule has 0 atom stereocenters. The van der Waals surface area contributed by atoms with Crippen molar-refractivity contribution in [3.05, 3.63) is 63.4 Å². The lowest BCUT2D eigenvalue weighted by molar-refractivity contribution is 0.290. The predicted octanol–water partition coefficient (Wildman–Crippen LogP) is 4.42. The molecule has 21 heavy (non-hydrogen) atoms. The fraction of sp³-hybridized carbons (Fsp3) is 0.0714. The Bertz CT molecular complexity index is 665. The van der Waals surface area contributed by atoms with E-state index in [1.807, 2.05) is 0 Å². The van der Waals surface area contributed by atoms with Gasteiger partial charge in [-0.1, -0.05) is 29.3 Å². The van der Waals surface area contributed by atoms with Gasteiger partial charge in [0.25, 0.3) is 0 Å². The number of benzene rings is 2. The summed E-state index contributed by atoms with van der Waals surface area (Å²) in [5, 5.41) is 8.09. The van der Waals surface area contributed by atoms with E-state index in [-0.39, 0.29) is 30.6 Å². The van der Waals surface area contributed by atoms with Crippen molar-refractivity contribution in [3.63, 3.8) is 0 Å². The van der Waals surface area contributed by atoms with E-state index >= 15 is 0 Å². The zero-order valence-corrected chi connectivity index (χ0v) is 13.0. The molecular weight excluding hydrogens is 338 g/mol. The maximum Gasteiger partial charge on any atom is 0.165 e. The number of amidine groups is 1. The maximum atomic E-state index is 13.7. The van der Waals surface area contributed by atoms with Crippen LogP contribution in [0.3, 0.4) is 0 Å². The summed E-state index contributed by atoms with van der Waals surface area (Å²) in [5.41, 5.74) is 6.36. The molecule has 0 unspecified atom stereocenters. The van der Waals surface area contributed by atoms with E-state index in [0.717, 1.165) is 11.6 Å². The zero-order valence-electron chi connectivity index (χ0n) is 10.7. The summed E-state index contributed by atoms with van der Waals surface area (Å²) in [7, 11) is 0. The van der Waals surface area contributed by atoms with Crippen LogP contribution >= 0.6 is 35.6 Å². The first-order valence-electron chi connectivity index (χ1n) is 5.68. The molecule has 3 N–H and O–H groups in total. The number of ether oxygens (including phenoxy) is 1. The van der Waals surface area contributed by atoms with Crippen LogP contribution in [0.2, 0.25) is 10.0 Å². The minimum Gasteiger partial charge on any atom is -0.486 e. The Labute approximate surface area is 137 Å². The van der Waals surface area contributed by atoms with Gasteiger partial charge in [0.1, 0.15) is 12.4 Å². The highest BCUT2D eigenvalue weighted by Crippen LogP contribution is 2.24. The molecule has 0 aromatic heterocycles. The summed E-state index contributed by atoms with van der Waals surface area (Å²) in [6.45, 7) is 0.160. The molecule has 0 saturated heterocycles. The van der Waals surface area contributed by atoms with Crippen molar-refractivity contribution in [1.29, 1.82) is 5.41 Å². The van der Waals surface area contributed by atoms with Gasteiger partial charge in [0.15, 0.2) is 11.6 Å². The minimum absolute atomic E-state index is 0. The van der Waals surface area contributed by atoms with E-state index in [4.69, 9.17) is 39.1 Å². The van der Waals surface area contributed by atoms with Crippen molar-refractivity contribution >= 4 is 41.4 Å². The third-order valence-electron chi connectivity index (χ3n) is 2.62. The number of hydrogen-bond acceptors (Lipinski definition) is 2. The second-order valence-electron chi connectivity index (χ2n) is 4.10. The van der Waals surface area contributed by atoms with Crippen LogP contribution < -0.4 is 10.5 Å². The van der Waals surface area contributed by atoms with Crippen LogP contribution in [0, 0.1) is 11.2 Å². The highest BCUT2D eigenvalue weighted by atomic mass is 35.5. The van der Waals surface area contributed by atoms with Gasteiger partial charge < -0.3 is 10.5 Å². The molecule has 0 aliphatic heterocycles. The van der Waals surface area contributed by atoms with E-state index in [1.54, 1.807) is 18.2 Å². The number of rotatable bonds is 4. The molecule has 0 heterocycles. The topological polar surface area (TPSA) is 59.1 Å². The van der Waals surface area contributed by atoms with Crippen LogP contribution in [0.5, 0.6) is 5.75 Å². The van der Waals surface area contributed by atoms with Crippen LogP contribution in [-0.2, 0) is 6.61 Å². The van der Waals surface area contributed by atoms with Gasteiger partial charge in [0.2, 0.25) is 0 Å². The van der Waals surface area contributed by atoms with Gasteiger partial charge in [-0.25, -0.2) is 4.39 Å². The van der Waals surface area contributed by atoms with E-state index in [0.29, 0.717) is 15.6 Å². The normalized spacial score (nSPS) is 9.86. The third kappa shape index (κ3) is 4.49. The monoisotopic (exact) mass is 348 g/mol. The molecule has 0 aliphatic carbocycles. The predicted molar refractivity (Wildman–Crippen MR) is 85.5 cm³/mol. The molecule has 0 saturated carbocycles. The molecule has 112 valence electrons. The lowest BCUT2D eigenvalue weighted by Gasteiger charge is -2.09. The lowest BCUT2D eigenvalue weighted by Crippen LogP contribution is -2.11. The summed E-state index contributed by atoms with van der Waals surface area (Å²) in [4.78, 5) is 0. The minimum atomic E-state index is -0.572. The molecular formula is C14H12Cl3FN2O. The summed E-state index contributed by atoms with van der Waals surface area (Å²) in [6.07, 6.45) is 0. The van der Waals surface area contributed by atoms with E-state index < -0.39 is 5.82 Å². The average molecular weight is 350 g/mol. The summed E-state index contributed by atoms with van der Waals surface area (Å²) < 4.78 is 19.1. The number of nitrogens with two attached hydrogens (primary N) is 1. The fourth-order valence-corrected chi connectivity index (χ4v) is 1.90. The maximum absolute atomic E-state index is 13.7. The molecule has 2 rings (SSSR count). The number of halogens is 4. The number of nitrogens with one attached hydrogen (secondary N) is 1. The molecule has 2 aromatic carbocycles. The average Bonchev–Trinajstić information content (AvgIpc) is 2.41. The largest absolute Gasteiger partial charge is 0.486 e. The molecule has 0 amide bonds. The van der Waals surface area contributed by atoms with Gasteiger partial charge in [-0.15, -0.1) is 12.4 Å². The van der Waals surface area contributed by atoms with Gasteiger partial charge in [-0.05, 0) is 35.9 Å². The van der Waals surface area contributed by atoms with Gasteiger partial charge in [-0.2, -0.15) is 0 Å². The molecule has 0 aliphatic rings. The Balaban J connectivity index is 0.00000220. The second-order valence-corrected chi connectivity index (χ2v) is 4.91. The van der Waals surface area contributed by atoms with Crippen molar-refractivity contribution in [2.45, 2.75) is 6.61 Å². The van der Waals surface area contributed by atoms with Crippen LogP contribution in [0.1, 0.15) is 11.1 Å². The Hall–Kier alpha value is -1.49. The van der Waals surface area contributed by atoms with Crippen molar-refractivity contribution in [3.8, 4) is 5.75 Å². The summed E-state index contributed by atoms with van der Waals surface area (Å²) >= 11 is 11.7. The lowest BCUT2D eigenvalue weighted by atomic mass is 10.2. The fourth-order valence-electron chi connectivity index (χ4n) is 1.58. The van der Waals surface area contributed by atoms with Gasteiger partial charge in [0.05, 0.1) is 10.0 Å². The first-order chi connectivity index (χ1) is 9.47. The van der Waals surface area contributed by atoms with Crippen LogP contribution in [0.15, 0.2) is 36.4 Å². The van der Waals surface area contributed by atoms with Gasteiger partial charge in [0, 0.05) is 5.56 Å². The van der Waals surface area contributed by atoms with Crippen LogP contribution in [-0.4, -0.2) is 5.84 Å². The van der Waals surface area contributed by atoms with E-state index in [1.165, 1.54) is 12.1 Å². The van der Waals surface area contributed by atoms with Gasteiger partial charge >= 0.3 is 0 Å². The summed E-state index contributed by atoms with van der Waals surface area (Å²) in [6, 6.07) is 9.17. The van der Waals surface area contributed by atoms with Crippen LogP contribution in [0.25, 0.3) is 0 Å². The molecule has 0 fully saturated rings. The van der Waals surface area contributed by atoms with Crippen molar-refractivity contribution in [1.82, 2.24) is 0 Å². The Morgan fingerprint density at radius 3 is 2.43 bits per heavy atom. The van der Waals surface area contributed by atoms with Crippen LogP contribution in [0.4, 0.5) is 4.39 Å². The molecule has 0 bridgehead atoms.